The fourth-order valence-electron chi connectivity index (χ4n) is 2.47. The van der Waals surface area contributed by atoms with E-state index < -0.39 is 6.55 Å². The predicted molar refractivity (Wildman–Crippen MR) is 62.2 cm³/mol. The highest BCUT2D eigenvalue weighted by Crippen LogP contribution is 2.21. The van der Waals surface area contributed by atoms with Crippen molar-refractivity contribution in [2.75, 3.05) is 6.54 Å². The Balaban J connectivity index is 2.11. The van der Waals surface area contributed by atoms with Crippen LogP contribution in [-0.4, -0.2) is 32.8 Å². The largest absolute Gasteiger partial charge is 0.319 e. The van der Waals surface area contributed by atoms with Crippen molar-refractivity contribution in [3.05, 3.63) is 18.2 Å². The van der Waals surface area contributed by atoms with E-state index >= 15 is 0 Å². The van der Waals surface area contributed by atoms with Crippen molar-refractivity contribution in [2.45, 2.75) is 45.3 Å². The van der Waals surface area contributed by atoms with Gasteiger partial charge in [0, 0.05) is 12.4 Å². The Hall–Kier alpha value is -1.30. The number of halogens is 2. The van der Waals surface area contributed by atoms with Gasteiger partial charge in [0.1, 0.15) is 11.6 Å². The number of rotatable bonds is 4. The zero-order valence-corrected chi connectivity index (χ0v) is 10.4. The molecule has 1 aromatic heterocycles. The van der Waals surface area contributed by atoms with E-state index in [2.05, 4.69) is 4.98 Å². The Labute approximate surface area is 105 Å². The van der Waals surface area contributed by atoms with Crippen LogP contribution in [0.3, 0.4) is 0 Å². The first-order valence-electron chi connectivity index (χ1n) is 6.14. The first-order valence-corrected chi connectivity index (χ1v) is 6.14. The molecule has 0 N–H and O–H groups in total. The van der Waals surface area contributed by atoms with Gasteiger partial charge in [-0.3, -0.25) is 14.3 Å². The van der Waals surface area contributed by atoms with Gasteiger partial charge in [0.05, 0.1) is 12.6 Å². The van der Waals surface area contributed by atoms with Crippen molar-refractivity contribution in [1.82, 2.24) is 14.5 Å². The van der Waals surface area contributed by atoms with Gasteiger partial charge in [-0.1, -0.05) is 6.42 Å². The molecular formula is C12H17F2N3O. The molecular weight excluding hydrogens is 240 g/mol. The normalized spacial score (nSPS) is 21.4. The van der Waals surface area contributed by atoms with Gasteiger partial charge < -0.3 is 0 Å². The number of aromatic nitrogens is 2. The predicted octanol–water partition coefficient (Wildman–Crippen LogP) is 2.22. The molecule has 1 atom stereocenters. The van der Waals surface area contributed by atoms with Crippen molar-refractivity contribution in [3.63, 3.8) is 0 Å². The lowest BCUT2D eigenvalue weighted by Crippen LogP contribution is -2.43. The number of carbonyl (C=O) groups excluding carboxylic acids is 1. The maximum atomic E-state index is 12.7. The van der Waals surface area contributed by atoms with Gasteiger partial charge in [0.25, 0.3) is 0 Å². The highest BCUT2D eigenvalue weighted by molar-refractivity contribution is 5.81. The molecule has 0 aliphatic carbocycles. The minimum absolute atomic E-state index is 0.102. The van der Waals surface area contributed by atoms with Gasteiger partial charge in [-0.15, -0.1) is 0 Å². The molecule has 0 radical (unpaired) electrons. The van der Waals surface area contributed by atoms with E-state index in [1.165, 1.54) is 12.4 Å². The number of nitrogens with zero attached hydrogens (tertiary/aromatic N) is 3. The van der Waals surface area contributed by atoms with Crippen LogP contribution in [0.15, 0.2) is 12.4 Å². The number of carbonyl (C=O) groups is 1. The van der Waals surface area contributed by atoms with E-state index in [-0.39, 0.29) is 11.8 Å². The second kappa shape index (κ2) is 5.56. The molecule has 0 aromatic carbocycles. The molecule has 1 unspecified atom stereocenters. The maximum absolute atomic E-state index is 12.7. The first-order chi connectivity index (χ1) is 8.59. The van der Waals surface area contributed by atoms with E-state index in [1.807, 2.05) is 4.90 Å². The van der Waals surface area contributed by atoms with Crippen LogP contribution in [0.4, 0.5) is 8.78 Å². The molecule has 4 nitrogen and oxygen atoms in total. The number of likely N-dealkylation sites (tertiary alicyclic amines) is 1. The molecule has 0 spiro atoms. The smallest absolute Gasteiger partial charge is 0.298 e. The summed E-state index contributed by atoms with van der Waals surface area (Å²) in [5.74, 6) is 0.419. The third-order valence-corrected chi connectivity index (χ3v) is 3.39. The van der Waals surface area contributed by atoms with E-state index in [4.69, 9.17) is 0 Å². The van der Waals surface area contributed by atoms with Crippen LogP contribution in [0.5, 0.6) is 0 Å². The minimum Gasteiger partial charge on any atom is -0.298 e. The molecule has 1 aromatic rings. The molecule has 0 bridgehead atoms. The monoisotopic (exact) mass is 257 g/mol. The zero-order chi connectivity index (χ0) is 13.1. The van der Waals surface area contributed by atoms with Crippen LogP contribution in [0.25, 0.3) is 0 Å². The summed E-state index contributed by atoms with van der Waals surface area (Å²) in [5.41, 5.74) is 0. The molecule has 2 rings (SSSR count). The van der Waals surface area contributed by atoms with Crippen LogP contribution in [0, 0.1) is 0 Å². The Bertz CT molecular complexity index is 419. The summed E-state index contributed by atoms with van der Waals surface area (Å²) in [5, 5.41) is 0. The summed E-state index contributed by atoms with van der Waals surface area (Å²) in [7, 11) is 0. The van der Waals surface area contributed by atoms with Gasteiger partial charge in [0.2, 0.25) is 0 Å². The highest BCUT2D eigenvalue weighted by Gasteiger charge is 2.27. The molecule has 0 amide bonds. The fourth-order valence-corrected chi connectivity index (χ4v) is 2.47. The molecule has 100 valence electrons. The highest BCUT2D eigenvalue weighted by atomic mass is 19.3. The van der Waals surface area contributed by atoms with Crippen molar-refractivity contribution in [1.29, 1.82) is 0 Å². The van der Waals surface area contributed by atoms with Gasteiger partial charge in [0.15, 0.2) is 0 Å². The molecule has 0 saturated carbocycles. The van der Waals surface area contributed by atoms with Crippen molar-refractivity contribution >= 4 is 5.78 Å². The van der Waals surface area contributed by atoms with Gasteiger partial charge >= 0.3 is 6.55 Å². The van der Waals surface area contributed by atoms with E-state index in [0.29, 0.717) is 12.4 Å². The number of hydrogen-bond acceptors (Lipinski definition) is 3. The Morgan fingerprint density at radius 3 is 3.00 bits per heavy atom. The summed E-state index contributed by atoms with van der Waals surface area (Å²) in [6.07, 6.45) is 5.47. The van der Waals surface area contributed by atoms with Gasteiger partial charge in [-0.2, -0.15) is 8.78 Å². The second-order valence-corrected chi connectivity index (χ2v) is 4.62. The van der Waals surface area contributed by atoms with Crippen LogP contribution < -0.4 is 0 Å². The lowest BCUT2D eigenvalue weighted by molar-refractivity contribution is -0.123. The summed E-state index contributed by atoms with van der Waals surface area (Å²) in [6.45, 7) is 0.0490. The minimum atomic E-state index is -2.58. The first kappa shape index (κ1) is 13.1. The van der Waals surface area contributed by atoms with Crippen LogP contribution >= 0.6 is 0 Å². The average Bonchev–Trinajstić information content (AvgIpc) is 2.77. The van der Waals surface area contributed by atoms with Gasteiger partial charge in [-0.05, 0) is 26.3 Å². The SMILES string of the molecule is CC(=O)C1CCCCN1Cc1nccn1C(F)F. The van der Waals surface area contributed by atoms with E-state index in [9.17, 15) is 13.6 Å². The number of Topliss-reactive ketones (excluding diaryl/α,β-unsaturated/α-hetero) is 1. The number of hydrogen-bond donors (Lipinski definition) is 0. The maximum Gasteiger partial charge on any atom is 0.319 e. The number of piperidine rings is 1. The molecule has 1 fully saturated rings. The average molecular weight is 257 g/mol. The Morgan fingerprint density at radius 2 is 2.33 bits per heavy atom. The third kappa shape index (κ3) is 2.75. The standard InChI is InChI=1S/C12H17F2N3O/c1-9(18)10-4-2-3-6-16(10)8-11-15-5-7-17(11)12(13)14/h5,7,10,12H,2-4,6,8H2,1H3. The van der Waals surface area contributed by atoms with Crippen molar-refractivity contribution in [2.24, 2.45) is 0 Å². The fraction of sp³-hybridized carbons (Fsp3) is 0.667. The summed E-state index contributed by atoms with van der Waals surface area (Å²) >= 11 is 0. The summed E-state index contributed by atoms with van der Waals surface area (Å²) in [4.78, 5) is 17.4. The summed E-state index contributed by atoms with van der Waals surface area (Å²) < 4.78 is 26.3. The van der Waals surface area contributed by atoms with Gasteiger partial charge in [-0.25, -0.2) is 4.98 Å². The number of ketones is 1. The number of imidazole rings is 1. The lowest BCUT2D eigenvalue weighted by Gasteiger charge is -2.33. The second-order valence-electron chi connectivity index (χ2n) is 4.62. The van der Waals surface area contributed by atoms with Crippen LogP contribution in [0.1, 0.15) is 38.6 Å². The third-order valence-electron chi connectivity index (χ3n) is 3.39. The Morgan fingerprint density at radius 1 is 1.56 bits per heavy atom. The topological polar surface area (TPSA) is 38.1 Å². The van der Waals surface area contributed by atoms with Crippen LogP contribution in [0.2, 0.25) is 0 Å². The van der Waals surface area contributed by atoms with Crippen molar-refractivity contribution < 1.29 is 13.6 Å². The molecule has 6 heteroatoms. The zero-order valence-electron chi connectivity index (χ0n) is 10.4. The molecule has 1 aliphatic heterocycles. The lowest BCUT2D eigenvalue weighted by atomic mass is 9.99. The quantitative estimate of drug-likeness (QED) is 0.830. The molecule has 1 saturated heterocycles. The summed E-state index contributed by atoms with van der Waals surface area (Å²) in [6, 6.07) is -0.151. The van der Waals surface area contributed by atoms with E-state index in [0.717, 1.165) is 30.4 Å². The Kier molecular flexibility index (Phi) is 4.06. The van der Waals surface area contributed by atoms with Crippen molar-refractivity contribution in [3.8, 4) is 0 Å². The molecule has 18 heavy (non-hydrogen) atoms. The number of alkyl halides is 2. The van der Waals surface area contributed by atoms with E-state index in [1.54, 1.807) is 6.92 Å². The van der Waals surface area contributed by atoms with Crippen LogP contribution in [-0.2, 0) is 11.3 Å². The molecule has 1 aliphatic rings. The molecule has 2 heterocycles.